The van der Waals surface area contributed by atoms with Gasteiger partial charge in [-0.3, -0.25) is 52.7 Å². The number of carbonyl (C=O) groups excluding carboxylic acids is 11. The molecule has 2 aliphatic heterocycles. The fraction of sp³-hybridized carbons (Fsp3) is 0.831. The molecule has 2 saturated heterocycles. The van der Waals surface area contributed by atoms with E-state index in [0.29, 0.717) is 38.5 Å². The Labute approximate surface area is 541 Å². The van der Waals surface area contributed by atoms with Gasteiger partial charge < -0.3 is 55.6 Å². The maximum Gasteiger partial charge on any atom is 0.393 e. The standard InChI is InChI=1S/C65H105ClF3N11O11/c1-12-40(4)55-62(90)76(8)37-53(83)74(6)38-54(84)78(10)50(35-42-20-14-13-15-21-42)61(89)75(7)36-51(81)71-47(28-26-43-25-27-45(46(66)34-43)65(67,68)69)60(88)80-31-19-24-48(80)58(86)73-64(29-16-17-30-64)63(91)79(11)56(44-22-18-23-44)59(87)70-41(5)33-52(82)77(9)49(32-39(2)3)57(85)72-55/h39-50,55-56H,12-38H2,1-11H3,(H,70,87)(H,71,81)(H,72,85)(H,73,86)/t40-,41+,43?,45?,46?,47-,48-,49-,50-,55-,56-/m0/s1. The highest BCUT2D eigenvalue weighted by Gasteiger charge is 2.51. The fourth-order valence-corrected chi connectivity index (χ4v) is 15.1. The number of fused-ring (bicyclic) bond motifs is 1. The summed E-state index contributed by atoms with van der Waals surface area (Å²) in [6, 6.07) is -7.42. The number of hydrogen-bond acceptors (Lipinski definition) is 11. The maximum absolute atomic E-state index is 15.1. The second-order valence-corrected chi connectivity index (χ2v) is 28.7. The smallest absolute Gasteiger partial charge is 0.351 e. The van der Waals surface area contributed by atoms with E-state index in [1.54, 1.807) is 13.8 Å². The highest BCUT2D eigenvalue weighted by molar-refractivity contribution is 6.20. The molecule has 0 radical (unpaired) electrons. The minimum Gasteiger partial charge on any atom is -0.351 e. The van der Waals surface area contributed by atoms with Crippen LogP contribution in [-0.4, -0.2) is 227 Å². The molecular weight excluding hydrogens is 1200 g/mol. The minimum absolute atomic E-state index is 0.0185. The van der Waals surface area contributed by atoms with E-state index in [1.165, 1.54) is 71.7 Å². The van der Waals surface area contributed by atoms with Crippen molar-refractivity contribution in [1.29, 1.82) is 0 Å². The number of rotatable bonds is 10. The molecule has 3 unspecified atom stereocenters. The van der Waals surface area contributed by atoms with Crippen LogP contribution < -0.4 is 21.3 Å². The molecule has 0 aromatic heterocycles. The first kappa shape index (κ1) is 74.3. The van der Waals surface area contributed by atoms with Gasteiger partial charge in [-0.25, -0.2) is 0 Å². The lowest BCUT2D eigenvalue weighted by molar-refractivity contribution is -0.182. The molecule has 0 aromatic rings. The highest BCUT2D eigenvalue weighted by atomic mass is 35.5. The molecule has 0 bridgehead atoms. The summed E-state index contributed by atoms with van der Waals surface area (Å²) in [6.45, 7) is 7.64. The van der Waals surface area contributed by atoms with E-state index in [9.17, 15) is 56.3 Å². The Hall–Kier alpha value is -5.75. The highest BCUT2D eigenvalue weighted by Crippen LogP contribution is 2.44. The Morgan fingerprint density at radius 1 is 0.604 bits per heavy atom. The van der Waals surface area contributed by atoms with Crippen LogP contribution in [0.25, 0.3) is 0 Å². The molecule has 6 fully saturated rings. The maximum atomic E-state index is 15.1. The summed E-state index contributed by atoms with van der Waals surface area (Å²) in [5, 5.41) is 10.6. The largest absolute Gasteiger partial charge is 0.393 e. The topological polar surface area (TPSA) is 259 Å². The number of nitrogens with one attached hydrogen (secondary N) is 4. The average molecular weight is 1310 g/mol. The van der Waals surface area contributed by atoms with E-state index < -0.39 is 156 Å². The number of carbonyl (C=O) groups is 11. The first-order valence-electron chi connectivity index (χ1n) is 33.5. The van der Waals surface area contributed by atoms with Gasteiger partial charge in [0.2, 0.25) is 65.0 Å². The number of likely N-dealkylation sites (N-methyl/N-ethyl adjacent to an activating group) is 6. The molecule has 1 spiro atoms. The summed E-state index contributed by atoms with van der Waals surface area (Å²) in [6.07, 6.45) is 5.16. The molecule has 11 atom stereocenters. The predicted molar refractivity (Wildman–Crippen MR) is 336 cm³/mol. The second kappa shape index (κ2) is 32.9. The molecule has 0 aromatic carbocycles. The molecule has 11 amide bonds. The zero-order valence-corrected chi connectivity index (χ0v) is 56.6. The van der Waals surface area contributed by atoms with Crippen LogP contribution in [-0.2, 0) is 52.7 Å². The van der Waals surface area contributed by atoms with Crippen LogP contribution in [0.5, 0.6) is 0 Å². The van der Waals surface area contributed by atoms with E-state index in [0.717, 1.165) is 43.4 Å². The lowest BCUT2D eigenvalue weighted by Crippen LogP contribution is -2.65. The molecular formula is C65H105ClF3N11O11. The summed E-state index contributed by atoms with van der Waals surface area (Å²) in [4.78, 5) is 169. The molecule has 4 aliphatic carbocycles. The van der Waals surface area contributed by atoms with Crippen LogP contribution in [0.3, 0.4) is 0 Å². The van der Waals surface area contributed by atoms with Gasteiger partial charge in [-0.1, -0.05) is 85.5 Å². The second-order valence-electron chi connectivity index (χ2n) is 28.1. The zero-order chi connectivity index (χ0) is 67.4. The van der Waals surface area contributed by atoms with Gasteiger partial charge in [0.15, 0.2) is 0 Å². The van der Waals surface area contributed by atoms with Crippen LogP contribution in [0.15, 0.2) is 0 Å². The quantitative estimate of drug-likeness (QED) is 0.202. The molecule has 2 heterocycles. The minimum atomic E-state index is -4.49. The SMILES string of the molecule is CC[C@H](C)[C@@H]1NC(=O)[C@H](CC(C)C)N(C)C(=O)C[C@@H](C)NC(=O)[C@H](C2CCC2)N(C)C(=O)C2(CCCC2)NC(=O)[C@@H]2CCCN2C(=O)[C@H](CCC2CCC(C(F)(F)F)C(Cl)C2)NC(=O)CN(C)C(=O)[C@H](CC2CCCCC2)N(C)C(=O)CN(C)C(=O)CN(C)C1=O. The van der Waals surface area contributed by atoms with Crippen molar-refractivity contribution in [3.8, 4) is 0 Å². The van der Waals surface area contributed by atoms with E-state index in [-0.39, 0.29) is 101 Å². The van der Waals surface area contributed by atoms with Gasteiger partial charge in [-0.15, -0.1) is 11.6 Å². The Morgan fingerprint density at radius 3 is 1.82 bits per heavy atom. The van der Waals surface area contributed by atoms with Crippen molar-refractivity contribution in [2.24, 2.45) is 35.5 Å². The third kappa shape index (κ3) is 19.2. The summed E-state index contributed by atoms with van der Waals surface area (Å²) in [5.41, 5.74) is -1.45. The summed E-state index contributed by atoms with van der Waals surface area (Å²) >= 11 is 6.37. The van der Waals surface area contributed by atoms with Crippen LogP contribution in [0.1, 0.15) is 182 Å². The summed E-state index contributed by atoms with van der Waals surface area (Å²) in [7, 11) is 8.70. The fourth-order valence-electron chi connectivity index (χ4n) is 14.6. The van der Waals surface area contributed by atoms with Gasteiger partial charge in [-0.2, -0.15) is 13.2 Å². The van der Waals surface area contributed by atoms with Crippen LogP contribution in [0.4, 0.5) is 13.2 Å². The van der Waals surface area contributed by atoms with E-state index in [2.05, 4.69) is 21.3 Å². The molecule has 91 heavy (non-hydrogen) atoms. The lowest BCUT2D eigenvalue weighted by Gasteiger charge is -2.43. The van der Waals surface area contributed by atoms with Crippen LogP contribution in [0.2, 0.25) is 0 Å². The van der Waals surface area contributed by atoms with Gasteiger partial charge >= 0.3 is 6.18 Å². The number of hydrogen-bond donors (Lipinski definition) is 4. The Morgan fingerprint density at radius 2 is 1.23 bits per heavy atom. The number of halogens is 4. The number of nitrogens with zero attached hydrogens (tertiary/aromatic N) is 7. The third-order valence-corrected chi connectivity index (χ3v) is 21.2. The van der Waals surface area contributed by atoms with Crippen molar-refractivity contribution < 1.29 is 65.9 Å². The lowest BCUT2D eigenvalue weighted by atomic mass is 9.78. The Balaban J connectivity index is 1.34. The van der Waals surface area contributed by atoms with Gasteiger partial charge in [0, 0.05) is 66.7 Å². The van der Waals surface area contributed by atoms with E-state index >= 15 is 9.59 Å². The molecule has 4 saturated carbocycles. The summed E-state index contributed by atoms with van der Waals surface area (Å²) < 4.78 is 41.7. The first-order valence-corrected chi connectivity index (χ1v) is 34.0. The molecule has 514 valence electrons. The third-order valence-electron chi connectivity index (χ3n) is 20.7. The van der Waals surface area contributed by atoms with E-state index in [4.69, 9.17) is 11.6 Å². The van der Waals surface area contributed by atoms with Crippen LogP contribution in [0, 0.1) is 35.5 Å². The van der Waals surface area contributed by atoms with Gasteiger partial charge in [0.05, 0.1) is 25.6 Å². The zero-order valence-electron chi connectivity index (χ0n) is 55.8. The van der Waals surface area contributed by atoms with Gasteiger partial charge in [-0.05, 0) is 120 Å². The Bertz CT molecular complexity index is 2600. The Kier molecular flexibility index (Phi) is 26.8. The van der Waals surface area contributed by atoms with Crippen molar-refractivity contribution in [1.82, 2.24) is 55.6 Å². The molecule has 26 heteroatoms. The molecule has 4 N–H and O–H groups in total. The number of amides is 11. The monoisotopic (exact) mass is 1310 g/mol. The molecule has 6 aliphatic rings. The van der Waals surface area contributed by atoms with Crippen LogP contribution >= 0.6 is 11.6 Å². The first-order chi connectivity index (χ1) is 42.8. The van der Waals surface area contributed by atoms with Crippen molar-refractivity contribution in [2.45, 2.75) is 242 Å². The predicted octanol–water partition coefficient (Wildman–Crippen LogP) is 5.37. The molecule has 22 nitrogen and oxygen atoms in total. The van der Waals surface area contributed by atoms with Gasteiger partial charge in [0.25, 0.3) is 0 Å². The van der Waals surface area contributed by atoms with Gasteiger partial charge in [0.1, 0.15) is 41.8 Å². The number of alkyl halides is 4. The normalized spacial score (nSPS) is 30.5. The molecule has 6 rings (SSSR count). The van der Waals surface area contributed by atoms with Crippen molar-refractivity contribution in [3.05, 3.63) is 0 Å². The summed E-state index contributed by atoms with van der Waals surface area (Å²) in [5.74, 6) is -9.14. The van der Waals surface area contributed by atoms with Crippen molar-refractivity contribution in [2.75, 3.05) is 68.5 Å². The van der Waals surface area contributed by atoms with Crippen molar-refractivity contribution in [3.63, 3.8) is 0 Å². The van der Waals surface area contributed by atoms with Crippen molar-refractivity contribution >= 4 is 76.6 Å². The van der Waals surface area contributed by atoms with E-state index in [1.807, 2.05) is 20.8 Å². The average Bonchev–Trinajstić information content (AvgIpc) is 1.88.